The van der Waals surface area contributed by atoms with Crippen LogP contribution in [0.3, 0.4) is 0 Å². The highest BCUT2D eigenvalue weighted by molar-refractivity contribution is 5.64. The molecule has 0 radical (unpaired) electrons. The van der Waals surface area contributed by atoms with Gasteiger partial charge in [0.2, 0.25) is 0 Å². The quantitative estimate of drug-likeness (QED) is 0.904. The van der Waals surface area contributed by atoms with Gasteiger partial charge < -0.3 is 5.32 Å². The summed E-state index contributed by atoms with van der Waals surface area (Å²) in [4.78, 5) is 9.15. The SMILES string of the molecule is CCCc1nc(NC)cc(-c2ccc(C)c(C)c2)n1. The van der Waals surface area contributed by atoms with Crippen molar-refractivity contribution in [2.75, 3.05) is 12.4 Å². The van der Waals surface area contributed by atoms with E-state index in [1.807, 2.05) is 13.1 Å². The second-order valence-corrected chi connectivity index (χ2v) is 4.85. The van der Waals surface area contributed by atoms with Crippen molar-refractivity contribution in [2.24, 2.45) is 0 Å². The van der Waals surface area contributed by atoms with Gasteiger partial charge in [-0.15, -0.1) is 0 Å². The van der Waals surface area contributed by atoms with E-state index in [4.69, 9.17) is 0 Å². The first-order chi connectivity index (χ1) is 9.13. The fraction of sp³-hybridized carbons (Fsp3) is 0.375. The number of aryl methyl sites for hydroxylation is 3. The van der Waals surface area contributed by atoms with Gasteiger partial charge in [-0.1, -0.05) is 19.1 Å². The Morgan fingerprint density at radius 2 is 1.84 bits per heavy atom. The van der Waals surface area contributed by atoms with Crippen LogP contribution in [0.5, 0.6) is 0 Å². The lowest BCUT2D eigenvalue weighted by Crippen LogP contribution is -2.01. The maximum Gasteiger partial charge on any atom is 0.131 e. The molecule has 0 aliphatic carbocycles. The van der Waals surface area contributed by atoms with Gasteiger partial charge in [0.15, 0.2) is 0 Å². The second-order valence-electron chi connectivity index (χ2n) is 4.85. The first-order valence-corrected chi connectivity index (χ1v) is 6.77. The number of rotatable bonds is 4. The molecule has 1 heterocycles. The molecule has 3 heteroatoms. The zero-order chi connectivity index (χ0) is 13.8. The van der Waals surface area contributed by atoms with Crippen LogP contribution in [0.25, 0.3) is 11.3 Å². The van der Waals surface area contributed by atoms with Crippen LogP contribution < -0.4 is 5.32 Å². The molecule has 100 valence electrons. The van der Waals surface area contributed by atoms with Crippen molar-refractivity contribution < 1.29 is 0 Å². The highest BCUT2D eigenvalue weighted by atomic mass is 15.0. The zero-order valence-electron chi connectivity index (χ0n) is 12.1. The largest absolute Gasteiger partial charge is 0.373 e. The molecule has 0 unspecified atom stereocenters. The van der Waals surface area contributed by atoms with Gasteiger partial charge in [0.25, 0.3) is 0 Å². The van der Waals surface area contributed by atoms with Crippen LogP contribution in [0.1, 0.15) is 30.3 Å². The lowest BCUT2D eigenvalue weighted by molar-refractivity contribution is 0.838. The highest BCUT2D eigenvalue weighted by Crippen LogP contribution is 2.22. The number of hydrogen-bond donors (Lipinski definition) is 1. The predicted molar refractivity (Wildman–Crippen MR) is 80.5 cm³/mol. The Balaban J connectivity index is 2.47. The van der Waals surface area contributed by atoms with Gasteiger partial charge in [-0.05, 0) is 37.5 Å². The third kappa shape index (κ3) is 3.11. The summed E-state index contributed by atoms with van der Waals surface area (Å²) in [5, 5.41) is 3.11. The van der Waals surface area contributed by atoms with E-state index >= 15 is 0 Å². The minimum Gasteiger partial charge on any atom is -0.373 e. The number of anilines is 1. The molecular formula is C16H21N3. The van der Waals surface area contributed by atoms with Crippen LogP contribution in [-0.4, -0.2) is 17.0 Å². The predicted octanol–water partition coefficient (Wildman–Crippen LogP) is 3.75. The fourth-order valence-electron chi connectivity index (χ4n) is 2.01. The molecule has 19 heavy (non-hydrogen) atoms. The number of benzene rings is 1. The molecule has 0 aliphatic heterocycles. The van der Waals surface area contributed by atoms with Gasteiger partial charge in [-0.2, -0.15) is 0 Å². The Kier molecular flexibility index (Phi) is 4.15. The number of hydrogen-bond acceptors (Lipinski definition) is 3. The van der Waals surface area contributed by atoms with E-state index in [1.165, 1.54) is 11.1 Å². The number of nitrogens with zero attached hydrogens (tertiary/aromatic N) is 2. The first-order valence-electron chi connectivity index (χ1n) is 6.77. The standard InChI is InChI=1S/C16H21N3/c1-5-6-15-18-14(10-16(17-4)19-15)13-8-7-11(2)12(3)9-13/h7-10H,5-6H2,1-4H3,(H,17,18,19). The molecule has 0 atom stereocenters. The van der Waals surface area contributed by atoms with E-state index in [0.717, 1.165) is 35.7 Å². The van der Waals surface area contributed by atoms with Gasteiger partial charge in [-0.25, -0.2) is 9.97 Å². The Labute approximate surface area is 115 Å². The smallest absolute Gasteiger partial charge is 0.131 e. The molecule has 0 aliphatic rings. The van der Waals surface area contributed by atoms with Crippen molar-refractivity contribution in [3.8, 4) is 11.3 Å². The third-order valence-electron chi connectivity index (χ3n) is 3.30. The Morgan fingerprint density at radius 3 is 2.47 bits per heavy atom. The molecule has 0 saturated heterocycles. The molecule has 1 N–H and O–H groups in total. The fourth-order valence-corrected chi connectivity index (χ4v) is 2.01. The van der Waals surface area contributed by atoms with Gasteiger partial charge in [0, 0.05) is 25.1 Å². The van der Waals surface area contributed by atoms with E-state index in [1.54, 1.807) is 0 Å². The van der Waals surface area contributed by atoms with Gasteiger partial charge >= 0.3 is 0 Å². The molecular weight excluding hydrogens is 234 g/mol. The van der Waals surface area contributed by atoms with E-state index in [-0.39, 0.29) is 0 Å². The molecule has 0 fully saturated rings. The zero-order valence-corrected chi connectivity index (χ0v) is 12.1. The summed E-state index contributed by atoms with van der Waals surface area (Å²) in [5.74, 6) is 1.79. The molecule has 2 aromatic rings. The van der Waals surface area contributed by atoms with Gasteiger partial charge in [-0.3, -0.25) is 0 Å². The van der Waals surface area contributed by atoms with Crippen LogP contribution in [0.15, 0.2) is 24.3 Å². The van der Waals surface area contributed by atoms with Crippen molar-refractivity contribution in [1.82, 2.24) is 9.97 Å². The maximum absolute atomic E-state index is 4.66. The van der Waals surface area contributed by atoms with Crippen LogP contribution in [0.2, 0.25) is 0 Å². The monoisotopic (exact) mass is 255 g/mol. The molecule has 0 amide bonds. The van der Waals surface area contributed by atoms with Crippen LogP contribution in [0, 0.1) is 13.8 Å². The Hall–Kier alpha value is -1.90. The van der Waals surface area contributed by atoms with Crippen molar-refractivity contribution in [1.29, 1.82) is 0 Å². The Bertz CT molecular complexity index is 576. The summed E-state index contributed by atoms with van der Waals surface area (Å²) in [5.41, 5.74) is 4.74. The van der Waals surface area contributed by atoms with E-state index in [9.17, 15) is 0 Å². The average Bonchev–Trinajstić information content (AvgIpc) is 2.42. The molecule has 2 rings (SSSR count). The van der Waals surface area contributed by atoms with Crippen molar-refractivity contribution in [2.45, 2.75) is 33.6 Å². The highest BCUT2D eigenvalue weighted by Gasteiger charge is 2.06. The number of nitrogens with one attached hydrogen (secondary N) is 1. The van der Waals surface area contributed by atoms with E-state index in [2.05, 4.69) is 54.3 Å². The minimum absolute atomic E-state index is 0.881. The minimum atomic E-state index is 0.881. The summed E-state index contributed by atoms with van der Waals surface area (Å²) in [6.07, 6.45) is 1.97. The summed E-state index contributed by atoms with van der Waals surface area (Å²) in [7, 11) is 1.89. The Morgan fingerprint density at radius 1 is 1.05 bits per heavy atom. The second kappa shape index (κ2) is 5.83. The summed E-state index contributed by atoms with van der Waals surface area (Å²) >= 11 is 0. The topological polar surface area (TPSA) is 37.8 Å². The molecule has 0 saturated carbocycles. The number of aromatic nitrogens is 2. The van der Waals surface area contributed by atoms with Crippen molar-refractivity contribution >= 4 is 5.82 Å². The molecule has 1 aromatic heterocycles. The van der Waals surface area contributed by atoms with Crippen molar-refractivity contribution in [3.63, 3.8) is 0 Å². The van der Waals surface area contributed by atoms with E-state index < -0.39 is 0 Å². The van der Waals surface area contributed by atoms with Gasteiger partial charge in [0.1, 0.15) is 11.6 Å². The van der Waals surface area contributed by atoms with Crippen molar-refractivity contribution in [3.05, 3.63) is 41.2 Å². The summed E-state index contributed by atoms with van der Waals surface area (Å²) in [6, 6.07) is 8.46. The molecule has 1 aromatic carbocycles. The summed E-state index contributed by atoms with van der Waals surface area (Å²) < 4.78 is 0. The van der Waals surface area contributed by atoms with E-state index in [0.29, 0.717) is 0 Å². The first kappa shape index (κ1) is 13.5. The summed E-state index contributed by atoms with van der Waals surface area (Å²) in [6.45, 7) is 6.40. The normalized spacial score (nSPS) is 10.5. The van der Waals surface area contributed by atoms with Crippen LogP contribution in [0.4, 0.5) is 5.82 Å². The van der Waals surface area contributed by atoms with Crippen LogP contribution in [-0.2, 0) is 6.42 Å². The lowest BCUT2D eigenvalue weighted by Gasteiger charge is -2.09. The van der Waals surface area contributed by atoms with Gasteiger partial charge in [0.05, 0.1) is 5.69 Å². The molecule has 0 spiro atoms. The third-order valence-corrected chi connectivity index (χ3v) is 3.30. The molecule has 0 bridgehead atoms. The average molecular weight is 255 g/mol. The van der Waals surface area contributed by atoms with Crippen LogP contribution >= 0.6 is 0 Å². The molecule has 3 nitrogen and oxygen atoms in total. The lowest BCUT2D eigenvalue weighted by atomic mass is 10.0. The maximum atomic E-state index is 4.66.